The van der Waals surface area contributed by atoms with E-state index in [1.54, 1.807) is 30.3 Å². The van der Waals surface area contributed by atoms with Gasteiger partial charge in [-0.3, -0.25) is 4.79 Å². The van der Waals surface area contributed by atoms with Crippen LogP contribution in [-0.4, -0.2) is 52.4 Å². The molecule has 1 N–H and O–H groups in total. The summed E-state index contributed by atoms with van der Waals surface area (Å²) in [5.74, 6) is 0.361. The first-order valence-electron chi connectivity index (χ1n) is 8.94. The van der Waals surface area contributed by atoms with Crippen molar-refractivity contribution in [2.45, 2.75) is 13.8 Å². The lowest BCUT2D eigenvalue weighted by Gasteiger charge is -2.26. The third-order valence-electron chi connectivity index (χ3n) is 4.08. The first kappa shape index (κ1) is 21.7. The number of rotatable bonds is 9. The van der Waals surface area contributed by atoms with Crippen molar-refractivity contribution in [3.63, 3.8) is 0 Å². The minimum absolute atomic E-state index is 0.275. The highest BCUT2D eigenvalue weighted by Crippen LogP contribution is 2.19. The number of amides is 1. The molecule has 0 fully saturated rings. The van der Waals surface area contributed by atoms with E-state index in [2.05, 4.69) is 5.32 Å². The minimum atomic E-state index is -3.80. The lowest BCUT2D eigenvalue weighted by Crippen LogP contribution is -2.46. The number of hydrogen-bond donors (Lipinski definition) is 1. The number of benzene rings is 2. The summed E-state index contributed by atoms with van der Waals surface area (Å²) in [6.45, 7) is 4.23. The number of nitrogens with zero attached hydrogens (tertiary/aromatic N) is 2. The highest BCUT2D eigenvalue weighted by Gasteiger charge is 2.26. The first-order valence-corrected chi connectivity index (χ1v) is 10.3. The highest BCUT2D eigenvalue weighted by atomic mass is 32.2. The van der Waals surface area contributed by atoms with Crippen LogP contribution in [0.25, 0.3) is 0 Å². The fraction of sp³-hybridized carbons (Fsp3) is 0.350. The van der Waals surface area contributed by atoms with Gasteiger partial charge in [0, 0.05) is 14.1 Å². The Balaban J connectivity index is 1.95. The maximum atomic E-state index is 12.6. The van der Waals surface area contributed by atoms with Crippen LogP contribution in [0.15, 0.2) is 48.5 Å². The zero-order valence-corrected chi connectivity index (χ0v) is 17.5. The molecular weight excluding hydrogens is 378 g/mol. The predicted molar refractivity (Wildman–Crippen MR) is 111 cm³/mol. The van der Waals surface area contributed by atoms with Crippen LogP contribution in [0.2, 0.25) is 0 Å². The molecule has 0 saturated carbocycles. The summed E-state index contributed by atoms with van der Waals surface area (Å²) in [6.07, 6.45) is 0. The molecule has 0 aliphatic rings. The normalized spacial score (nSPS) is 11.3. The lowest BCUT2D eigenvalue weighted by atomic mass is 10.1. The van der Waals surface area contributed by atoms with E-state index in [-0.39, 0.29) is 13.1 Å². The van der Waals surface area contributed by atoms with E-state index >= 15 is 0 Å². The van der Waals surface area contributed by atoms with Crippen LogP contribution >= 0.6 is 0 Å². The maximum absolute atomic E-state index is 12.6. The fourth-order valence-electron chi connectivity index (χ4n) is 2.60. The molecule has 2 aromatic rings. The van der Waals surface area contributed by atoms with E-state index in [0.717, 1.165) is 25.5 Å². The SMILES string of the molecule is Cc1ccc(OCCNC(=O)CN(c2ccccc2)S(=O)(=O)N(C)C)c(C)c1. The Morgan fingerprint density at radius 3 is 2.36 bits per heavy atom. The van der Waals surface area contributed by atoms with Gasteiger partial charge in [-0.15, -0.1) is 0 Å². The van der Waals surface area contributed by atoms with E-state index in [0.29, 0.717) is 12.3 Å². The van der Waals surface area contributed by atoms with Crippen LogP contribution in [-0.2, 0) is 15.0 Å². The fourth-order valence-corrected chi connectivity index (χ4v) is 3.66. The monoisotopic (exact) mass is 405 g/mol. The number of hydrogen-bond acceptors (Lipinski definition) is 4. The summed E-state index contributed by atoms with van der Waals surface area (Å²) in [4.78, 5) is 12.3. The quantitative estimate of drug-likeness (QED) is 0.648. The molecule has 0 atom stereocenters. The van der Waals surface area contributed by atoms with E-state index < -0.39 is 16.1 Å². The average molecular weight is 406 g/mol. The van der Waals surface area contributed by atoms with Gasteiger partial charge in [0.1, 0.15) is 18.9 Å². The summed E-state index contributed by atoms with van der Waals surface area (Å²) >= 11 is 0. The number of ether oxygens (including phenoxy) is 1. The van der Waals surface area contributed by atoms with Gasteiger partial charge >= 0.3 is 10.2 Å². The number of nitrogens with one attached hydrogen (secondary N) is 1. The minimum Gasteiger partial charge on any atom is -0.491 e. The Bertz CT molecular complexity index is 899. The zero-order valence-electron chi connectivity index (χ0n) is 16.7. The molecule has 1 amide bonds. The van der Waals surface area contributed by atoms with Crippen LogP contribution in [0.4, 0.5) is 5.69 Å². The standard InChI is InChI=1S/C20H27N3O4S/c1-16-10-11-19(17(2)14-16)27-13-12-21-20(24)15-23(28(25,26)22(3)4)18-8-6-5-7-9-18/h5-11,14H,12-13,15H2,1-4H3,(H,21,24). The molecular formula is C20H27N3O4S. The van der Waals surface area contributed by atoms with E-state index in [4.69, 9.17) is 4.74 Å². The topological polar surface area (TPSA) is 79.0 Å². The van der Waals surface area contributed by atoms with Crippen molar-refractivity contribution in [2.75, 3.05) is 38.1 Å². The van der Waals surface area contributed by atoms with E-state index in [1.165, 1.54) is 14.1 Å². The second-order valence-corrected chi connectivity index (χ2v) is 8.67. The second kappa shape index (κ2) is 9.57. The van der Waals surface area contributed by atoms with Crippen LogP contribution in [0.1, 0.15) is 11.1 Å². The Morgan fingerprint density at radius 2 is 1.75 bits per heavy atom. The summed E-state index contributed by atoms with van der Waals surface area (Å²) in [5, 5.41) is 2.71. The van der Waals surface area contributed by atoms with Gasteiger partial charge < -0.3 is 10.1 Å². The van der Waals surface area contributed by atoms with E-state index in [9.17, 15) is 13.2 Å². The molecule has 152 valence electrons. The first-order chi connectivity index (χ1) is 13.2. The number of carbonyl (C=O) groups excluding carboxylic acids is 1. The third kappa shape index (κ3) is 5.71. The molecule has 8 heteroatoms. The van der Waals surface area contributed by atoms with Crippen molar-refractivity contribution in [3.8, 4) is 5.75 Å². The molecule has 0 bridgehead atoms. The van der Waals surface area contributed by atoms with Crippen molar-refractivity contribution >= 4 is 21.8 Å². The van der Waals surface area contributed by atoms with Crippen molar-refractivity contribution in [1.29, 1.82) is 0 Å². The number of aryl methyl sites for hydroxylation is 2. The molecule has 0 unspecified atom stereocenters. The molecule has 0 aliphatic carbocycles. The van der Waals surface area contributed by atoms with Crippen LogP contribution in [0, 0.1) is 13.8 Å². The van der Waals surface area contributed by atoms with Gasteiger partial charge in [0.2, 0.25) is 5.91 Å². The van der Waals surface area contributed by atoms with Crippen molar-refractivity contribution in [1.82, 2.24) is 9.62 Å². The van der Waals surface area contributed by atoms with Gasteiger partial charge in [0.05, 0.1) is 12.2 Å². The van der Waals surface area contributed by atoms with Crippen LogP contribution < -0.4 is 14.4 Å². The number of anilines is 1. The number of carbonyl (C=O) groups is 1. The van der Waals surface area contributed by atoms with Gasteiger partial charge in [0.25, 0.3) is 0 Å². The van der Waals surface area contributed by atoms with Gasteiger partial charge in [-0.05, 0) is 37.6 Å². The largest absolute Gasteiger partial charge is 0.491 e. The molecule has 2 rings (SSSR count). The molecule has 0 aromatic heterocycles. The third-order valence-corrected chi connectivity index (χ3v) is 5.90. The Hall–Kier alpha value is -2.58. The van der Waals surface area contributed by atoms with Gasteiger partial charge in [-0.25, -0.2) is 4.31 Å². The van der Waals surface area contributed by atoms with Gasteiger partial charge in [-0.2, -0.15) is 12.7 Å². The van der Waals surface area contributed by atoms with Crippen molar-refractivity contribution in [2.24, 2.45) is 0 Å². The molecule has 0 radical (unpaired) electrons. The second-order valence-electron chi connectivity index (χ2n) is 6.60. The average Bonchev–Trinajstić information content (AvgIpc) is 2.65. The van der Waals surface area contributed by atoms with Crippen molar-refractivity contribution in [3.05, 3.63) is 59.7 Å². The summed E-state index contributed by atoms with van der Waals surface area (Å²) in [7, 11) is -0.933. The summed E-state index contributed by atoms with van der Waals surface area (Å²) in [6, 6.07) is 14.4. The molecule has 0 aliphatic heterocycles. The Labute approximate surface area is 167 Å². The Kier molecular flexibility index (Phi) is 7.42. The van der Waals surface area contributed by atoms with Crippen molar-refractivity contribution < 1.29 is 17.9 Å². The zero-order chi connectivity index (χ0) is 20.7. The van der Waals surface area contributed by atoms with Crippen LogP contribution in [0.5, 0.6) is 5.75 Å². The lowest BCUT2D eigenvalue weighted by molar-refractivity contribution is -0.119. The molecule has 0 heterocycles. The summed E-state index contributed by atoms with van der Waals surface area (Å²) < 4.78 is 33.0. The molecule has 7 nitrogen and oxygen atoms in total. The molecule has 0 spiro atoms. The molecule has 28 heavy (non-hydrogen) atoms. The van der Waals surface area contributed by atoms with Gasteiger partial charge in [-0.1, -0.05) is 35.9 Å². The van der Waals surface area contributed by atoms with Crippen LogP contribution in [0.3, 0.4) is 0 Å². The number of para-hydroxylation sites is 1. The smallest absolute Gasteiger partial charge is 0.304 e. The summed E-state index contributed by atoms with van der Waals surface area (Å²) in [5.41, 5.74) is 2.61. The molecule has 0 saturated heterocycles. The van der Waals surface area contributed by atoms with Gasteiger partial charge in [0.15, 0.2) is 0 Å². The molecule has 2 aromatic carbocycles. The van der Waals surface area contributed by atoms with E-state index in [1.807, 2.05) is 32.0 Å². The highest BCUT2D eigenvalue weighted by molar-refractivity contribution is 7.90. The maximum Gasteiger partial charge on any atom is 0.304 e. The Morgan fingerprint density at radius 1 is 1.07 bits per heavy atom. The predicted octanol–water partition coefficient (Wildman–Crippen LogP) is 2.11.